The molecule has 0 spiro atoms. The largest absolute Gasteiger partial charge is 0.339 e. The van der Waals surface area contributed by atoms with Gasteiger partial charge in [-0.15, -0.1) is 0 Å². The number of benzene rings is 1. The first-order chi connectivity index (χ1) is 10.3. The van der Waals surface area contributed by atoms with Gasteiger partial charge in [-0.3, -0.25) is 9.78 Å². The van der Waals surface area contributed by atoms with Crippen LogP contribution in [0.2, 0.25) is 0 Å². The number of amides is 1. The van der Waals surface area contributed by atoms with Crippen LogP contribution in [0, 0.1) is 12.0 Å². The van der Waals surface area contributed by atoms with Crippen LogP contribution in [0.25, 0.3) is 0 Å². The Kier molecular flexibility index (Phi) is 4.29. The fourth-order valence-corrected chi connectivity index (χ4v) is 2.91. The molecular formula is C18H19N2O. The number of likely N-dealkylation sites (tertiary alicyclic amines) is 1. The first-order valence-corrected chi connectivity index (χ1v) is 7.48. The van der Waals surface area contributed by atoms with E-state index in [1.165, 1.54) is 5.56 Å². The van der Waals surface area contributed by atoms with E-state index >= 15 is 0 Å². The van der Waals surface area contributed by atoms with Gasteiger partial charge in [-0.05, 0) is 36.8 Å². The lowest BCUT2D eigenvalue weighted by atomic mass is 9.90. The number of pyridine rings is 1. The van der Waals surface area contributed by atoms with Gasteiger partial charge in [-0.25, -0.2) is 0 Å². The molecule has 3 rings (SSSR count). The van der Waals surface area contributed by atoms with E-state index in [0.29, 0.717) is 11.5 Å². The summed E-state index contributed by atoms with van der Waals surface area (Å²) in [6, 6.07) is 15.2. The highest BCUT2D eigenvalue weighted by Gasteiger charge is 2.23. The molecule has 3 heteroatoms. The Morgan fingerprint density at radius 3 is 2.62 bits per heavy atom. The highest BCUT2D eigenvalue weighted by atomic mass is 16.2. The van der Waals surface area contributed by atoms with E-state index in [4.69, 9.17) is 0 Å². The average molecular weight is 279 g/mol. The molecule has 0 N–H and O–H groups in total. The first-order valence-electron chi connectivity index (χ1n) is 7.48. The smallest absolute Gasteiger partial charge is 0.254 e. The summed E-state index contributed by atoms with van der Waals surface area (Å²) in [7, 11) is 0. The van der Waals surface area contributed by atoms with Crippen molar-refractivity contribution in [3.63, 3.8) is 0 Å². The van der Waals surface area contributed by atoms with Crippen molar-refractivity contribution in [3.8, 4) is 0 Å². The van der Waals surface area contributed by atoms with Crippen molar-refractivity contribution >= 4 is 5.91 Å². The predicted molar refractivity (Wildman–Crippen MR) is 81.8 cm³/mol. The summed E-state index contributed by atoms with van der Waals surface area (Å²) in [5.41, 5.74) is 2.01. The lowest BCUT2D eigenvalue weighted by Gasteiger charge is -2.32. The zero-order valence-electron chi connectivity index (χ0n) is 12.0. The van der Waals surface area contributed by atoms with Gasteiger partial charge in [0.15, 0.2) is 0 Å². The Bertz CT molecular complexity index is 575. The number of piperidine rings is 1. The molecule has 1 radical (unpaired) electrons. The van der Waals surface area contributed by atoms with Crippen LogP contribution < -0.4 is 0 Å². The number of nitrogens with zero attached hydrogens (tertiary/aromatic N) is 2. The Morgan fingerprint density at radius 2 is 1.95 bits per heavy atom. The molecule has 2 aromatic rings. The van der Waals surface area contributed by atoms with E-state index in [9.17, 15) is 4.79 Å². The summed E-state index contributed by atoms with van der Waals surface area (Å²) >= 11 is 0. The predicted octanol–water partition coefficient (Wildman–Crippen LogP) is 2.98. The second-order valence-corrected chi connectivity index (χ2v) is 5.58. The van der Waals surface area contributed by atoms with Crippen LogP contribution in [0.15, 0.2) is 48.8 Å². The van der Waals surface area contributed by atoms with E-state index in [1.54, 1.807) is 18.5 Å². The van der Waals surface area contributed by atoms with E-state index in [0.717, 1.165) is 32.4 Å². The fourth-order valence-electron chi connectivity index (χ4n) is 2.91. The number of hydrogen-bond acceptors (Lipinski definition) is 2. The molecule has 0 aliphatic carbocycles. The molecule has 1 aliphatic rings. The Balaban J connectivity index is 1.54. The first kappa shape index (κ1) is 13.8. The highest BCUT2D eigenvalue weighted by molar-refractivity contribution is 5.93. The highest BCUT2D eigenvalue weighted by Crippen LogP contribution is 2.22. The van der Waals surface area contributed by atoms with Crippen LogP contribution in [-0.2, 0) is 6.42 Å². The number of carbonyl (C=O) groups is 1. The molecule has 1 aromatic heterocycles. The standard InChI is InChI=1S/C18H19N2O/c21-18(17-6-10-19-11-7-17)20-12-8-16(9-13-20)14-15-4-2-1-3-5-15/h1-6,10-11,16H,8-9,12-14H2. The molecule has 2 heterocycles. The van der Waals surface area contributed by atoms with Gasteiger partial charge in [0.1, 0.15) is 0 Å². The molecule has 3 nitrogen and oxygen atoms in total. The summed E-state index contributed by atoms with van der Waals surface area (Å²) in [5, 5.41) is 0. The summed E-state index contributed by atoms with van der Waals surface area (Å²) < 4.78 is 0. The van der Waals surface area contributed by atoms with Gasteiger partial charge in [0.05, 0.1) is 5.56 Å². The maximum atomic E-state index is 12.3. The average Bonchev–Trinajstić information content (AvgIpc) is 2.57. The summed E-state index contributed by atoms with van der Waals surface area (Å²) in [5.74, 6) is 0.758. The molecule has 1 amide bonds. The van der Waals surface area contributed by atoms with E-state index < -0.39 is 0 Å². The quantitative estimate of drug-likeness (QED) is 0.865. The van der Waals surface area contributed by atoms with E-state index in [2.05, 4.69) is 41.4 Å². The molecular weight excluding hydrogens is 260 g/mol. The number of aromatic nitrogens is 1. The summed E-state index contributed by atoms with van der Waals surface area (Å²) in [6.45, 7) is 1.68. The Labute approximate surface area is 125 Å². The molecule has 0 unspecified atom stereocenters. The molecule has 107 valence electrons. The second kappa shape index (κ2) is 6.53. The van der Waals surface area contributed by atoms with E-state index in [-0.39, 0.29) is 5.91 Å². The van der Waals surface area contributed by atoms with Crippen LogP contribution in [0.3, 0.4) is 0 Å². The van der Waals surface area contributed by atoms with Crippen molar-refractivity contribution in [2.45, 2.75) is 19.3 Å². The lowest BCUT2D eigenvalue weighted by molar-refractivity contribution is 0.0690. The summed E-state index contributed by atoms with van der Waals surface area (Å²) in [4.78, 5) is 18.2. The third-order valence-electron chi connectivity index (χ3n) is 4.12. The SMILES string of the molecule is O=C(c1[c]cncc1)N1CCC(Cc2ccccc2)CC1. The molecule has 0 atom stereocenters. The Hall–Kier alpha value is -2.16. The molecule has 0 saturated carbocycles. The number of rotatable bonds is 3. The maximum Gasteiger partial charge on any atom is 0.254 e. The number of carbonyl (C=O) groups excluding carboxylic acids is 1. The zero-order valence-corrected chi connectivity index (χ0v) is 12.0. The Morgan fingerprint density at radius 1 is 1.19 bits per heavy atom. The van der Waals surface area contributed by atoms with Gasteiger partial charge in [-0.2, -0.15) is 0 Å². The third-order valence-corrected chi connectivity index (χ3v) is 4.12. The van der Waals surface area contributed by atoms with Gasteiger partial charge in [-0.1, -0.05) is 30.3 Å². The van der Waals surface area contributed by atoms with E-state index in [1.807, 2.05) is 4.90 Å². The van der Waals surface area contributed by atoms with Crippen LogP contribution in [0.5, 0.6) is 0 Å². The normalized spacial score (nSPS) is 15.9. The third kappa shape index (κ3) is 3.48. The second-order valence-electron chi connectivity index (χ2n) is 5.58. The van der Waals surface area contributed by atoms with Crippen LogP contribution in [0.4, 0.5) is 0 Å². The van der Waals surface area contributed by atoms with Crippen LogP contribution in [-0.4, -0.2) is 28.9 Å². The van der Waals surface area contributed by atoms with Crippen molar-refractivity contribution in [2.75, 3.05) is 13.1 Å². The van der Waals surface area contributed by atoms with Crippen LogP contribution in [0.1, 0.15) is 28.8 Å². The molecule has 21 heavy (non-hydrogen) atoms. The van der Waals surface area contributed by atoms with Crippen molar-refractivity contribution in [3.05, 3.63) is 66.0 Å². The lowest BCUT2D eigenvalue weighted by Crippen LogP contribution is -2.38. The molecule has 1 saturated heterocycles. The minimum Gasteiger partial charge on any atom is -0.339 e. The fraction of sp³-hybridized carbons (Fsp3) is 0.333. The van der Waals surface area contributed by atoms with Gasteiger partial charge in [0.2, 0.25) is 0 Å². The number of hydrogen-bond donors (Lipinski definition) is 0. The molecule has 0 bridgehead atoms. The molecule has 1 aromatic carbocycles. The molecule has 1 aliphatic heterocycles. The van der Waals surface area contributed by atoms with Crippen molar-refractivity contribution in [1.29, 1.82) is 0 Å². The van der Waals surface area contributed by atoms with Gasteiger partial charge in [0.25, 0.3) is 5.91 Å². The van der Waals surface area contributed by atoms with Crippen molar-refractivity contribution in [2.24, 2.45) is 5.92 Å². The van der Waals surface area contributed by atoms with Gasteiger partial charge in [0, 0.05) is 31.5 Å². The minimum absolute atomic E-state index is 0.0792. The zero-order chi connectivity index (χ0) is 14.5. The molecule has 1 fully saturated rings. The topological polar surface area (TPSA) is 33.2 Å². The van der Waals surface area contributed by atoms with Crippen molar-refractivity contribution < 1.29 is 4.79 Å². The summed E-state index contributed by atoms with van der Waals surface area (Å²) in [6.07, 6.45) is 6.46. The van der Waals surface area contributed by atoms with Gasteiger partial charge >= 0.3 is 0 Å². The monoisotopic (exact) mass is 279 g/mol. The van der Waals surface area contributed by atoms with Crippen LogP contribution >= 0.6 is 0 Å². The van der Waals surface area contributed by atoms with Gasteiger partial charge < -0.3 is 4.90 Å². The maximum absolute atomic E-state index is 12.3. The minimum atomic E-state index is 0.0792. The van der Waals surface area contributed by atoms with Crippen molar-refractivity contribution in [1.82, 2.24) is 9.88 Å².